The van der Waals surface area contributed by atoms with Crippen LogP contribution in [-0.2, 0) is 9.47 Å². The van der Waals surface area contributed by atoms with Gasteiger partial charge in [0.25, 0.3) is 0 Å². The van der Waals surface area contributed by atoms with Crippen molar-refractivity contribution in [2.24, 2.45) is 0 Å². The Labute approximate surface area is 140 Å². The van der Waals surface area contributed by atoms with Crippen molar-refractivity contribution in [2.75, 3.05) is 26.7 Å². The van der Waals surface area contributed by atoms with Gasteiger partial charge >= 0.3 is 6.09 Å². The number of carbonyl (C=O) groups is 1. The van der Waals surface area contributed by atoms with Gasteiger partial charge in [0.1, 0.15) is 5.60 Å². The molecule has 0 radical (unpaired) electrons. The molecule has 0 aromatic carbocycles. The third-order valence-electron chi connectivity index (χ3n) is 4.53. The Kier molecular flexibility index (Phi) is 6.48. The summed E-state index contributed by atoms with van der Waals surface area (Å²) in [6, 6.07) is 0.554. The number of carbonyl (C=O) groups excluding carboxylic acids is 1. The van der Waals surface area contributed by atoms with Crippen molar-refractivity contribution in [3.05, 3.63) is 11.6 Å². The Balaban J connectivity index is 1.73. The topological polar surface area (TPSA) is 50.8 Å². The van der Waals surface area contributed by atoms with E-state index in [4.69, 9.17) is 9.47 Å². The highest BCUT2D eigenvalue weighted by atomic mass is 16.6. The highest BCUT2D eigenvalue weighted by Gasteiger charge is 2.24. The van der Waals surface area contributed by atoms with E-state index < -0.39 is 5.60 Å². The number of nitrogens with zero attached hydrogens (tertiary/aromatic N) is 1. The van der Waals surface area contributed by atoms with Gasteiger partial charge in [-0.05, 0) is 52.9 Å². The van der Waals surface area contributed by atoms with Crippen LogP contribution in [0, 0.1) is 0 Å². The summed E-state index contributed by atoms with van der Waals surface area (Å²) in [4.78, 5) is 13.8. The molecule has 1 aliphatic heterocycles. The van der Waals surface area contributed by atoms with Crippen molar-refractivity contribution in [2.45, 2.75) is 70.6 Å². The maximum absolute atomic E-state index is 12.0. The molecule has 0 aromatic heterocycles. The Bertz CT molecular complexity index is 428. The van der Waals surface area contributed by atoms with Gasteiger partial charge in [0.05, 0.1) is 6.10 Å². The van der Waals surface area contributed by atoms with Crippen LogP contribution in [0.1, 0.15) is 52.9 Å². The molecule has 2 atom stereocenters. The zero-order chi connectivity index (χ0) is 16.9. The first-order valence-electron chi connectivity index (χ1n) is 8.79. The third-order valence-corrected chi connectivity index (χ3v) is 4.53. The lowest BCUT2D eigenvalue weighted by molar-refractivity contribution is 0.0265. The lowest BCUT2D eigenvalue weighted by Crippen LogP contribution is -2.41. The molecular weight excluding hydrogens is 292 g/mol. The predicted molar refractivity (Wildman–Crippen MR) is 91.6 cm³/mol. The van der Waals surface area contributed by atoms with Gasteiger partial charge < -0.3 is 19.7 Å². The van der Waals surface area contributed by atoms with Crippen LogP contribution in [0.2, 0.25) is 0 Å². The molecule has 1 heterocycles. The summed E-state index contributed by atoms with van der Waals surface area (Å²) < 4.78 is 10.9. The van der Waals surface area contributed by atoms with Crippen LogP contribution in [0.15, 0.2) is 11.6 Å². The molecule has 1 aliphatic carbocycles. The second-order valence-corrected chi connectivity index (χ2v) is 7.64. The van der Waals surface area contributed by atoms with E-state index in [1.165, 1.54) is 24.8 Å². The monoisotopic (exact) mass is 324 g/mol. The number of amides is 1. The normalized spacial score (nSPS) is 25.9. The van der Waals surface area contributed by atoms with E-state index in [0.29, 0.717) is 18.7 Å². The Morgan fingerprint density at radius 2 is 2.17 bits per heavy atom. The molecule has 0 spiro atoms. The fourth-order valence-corrected chi connectivity index (χ4v) is 3.18. The van der Waals surface area contributed by atoms with Gasteiger partial charge in [-0.1, -0.05) is 11.6 Å². The van der Waals surface area contributed by atoms with E-state index in [1.807, 2.05) is 27.9 Å². The second kappa shape index (κ2) is 8.15. The second-order valence-electron chi connectivity index (χ2n) is 7.64. The lowest BCUT2D eigenvalue weighted by Gasteiger charge is -2.31. The van der Waals surface area contributed by atoms with Crippen LogP contribution in [0.4, 0.5) is 4.79 Å². The van der Waals surface area contributed by atoms with Gasteiger partial charge in [-0.2, -0.15) is 0 Å². The number of nitrogens with one attached hydrogen (secondary N) is 1. The molecule has 0 aromatic rings. The van der Waals surface area contributed by atoms with Gasteiger partial charge in [-0.15, -0.1) is 0 Å². The minimum Gasteiger partial charge on any atom is -0.444 e. The van der Waals surface area contributed by atoms with Crippen LogP contribution in [-0.4, -0.2) is 55.5 Å². The maximum Gasteiger partial charge on any atom is 0.410 e. The molecule has 1 amide bonds. The molecule has 5 nitrogen and oxygen atoms in total. The summed E-state index contributed by atoms with van der Waals surface area (Å²) in [5, 5.41) is 3.65. The highest BCUT2D eigenvalue weighted by Crippen LogP contribution is 2.21. The fourth-order valence-electron chi connectivity index (χ4n) is 3.18. The number of ether oxygens (including phenoxy) is 2. The van der Waals surface area contributed by atoms with Crippen LogP contribution < -0.4 is 5.32 Å². The Morgan fingerprint density at radius 3 is 2.78 bits per heavy atom. The van der Waals surface area contributed by atoms with E-state index in [0.717, 1.165) is 25.9 Å². The van der Waals surface area contributed by atoms with E-state index in [-0.39, 0.29) is 6.09 Å². The van der Waals surface area contributed by atoms with Crippen molar-refractivity contribution in [3.8, 4) is 0 Å². The quantitative estimate of drug-likeness (QED) is 0.807. The molecule has 0 saturated heterocycles. The van der Waals surface area contributed by atoms with Crippen LogP contribution in [0.3, 0.4) is 0 Å². The SMILES string of the molecule is COC1CCCC(NCC2=CCN(C(=O)OC(C)(C)C)CC2)C1. The van der Waals surface area contributed by atoms with Crippen molar-refractivity contribution >= 4 is 6.09 Å². The molecule has 0 bridgehead atoms. The van der Waals surface area contributed by atoms with E-state index in [1.54, 1.807) is 4.90 Å². The molecule has 23 heavy (non-hydrogen) atoms. The molecule has 2 rings (SSSR count). The molecule has 1 fully saturated rings. The average Bonchev–Trinajstić information content (AvgIpc) is 2.52. The van der Waals surface area contributed by atoms with Crippen LogP contribution >= 0.6 is 0 Å². The summed E-state index contributed by atoms with van der Waals surface area (Å²) in [5.41, 5.74) is 0.964. The number of rotatable bonds is 4. The minimum atomic E-state index is -0.429. The van der Waals surface area contributed by atoms with Gasteiger partial charge in [0.2, 0.25) is 0 Å². The lowest BCUT2D eigenvalue weighted by atomic mass is 9.92. The van der Waals surface area contributed by atoms with E-state index in [9.17, 15) is 4.79 Å². The Morgan fingerprint density at radius 1 is 1.39 bits per heavy atom. The number of hydrogen-bond acceptors (Lipinski definition) is 4. The molecule has 1 N–H and O–H groups in total. The summed E-state index contributed by atoms with van der Waals surface area (Å²) in [5.74, 6) is 0. The molecule has 132 valence electrons. The third kappa shape index (κ3) is 6.15. The van der Waals surface area contributed by atoms with Crippen molar-refractivity contribution in [1.82, 2.24) is 10.2 Å². The maximum atomic E-state index is 12.0. The first-order chi connectivity index (χ1) is 10.9. The smallest absolute Gasteiger partial charge is 0.410 e. The summed E-state index contributed by atoms with van der Waals surface area (Å²) in [7, 11) is 1.81. The molecule has 1 saturated carbocycles. The first kappa shape index (κ1) is 18.3. The zero-order valence-electron chi connectivity index (χ0n) is 15.1. The first-order valence-corrected chi connectivity index (χ1v) is 8.79. The highest BCUT2D eigenvalue weighted by molar-refractivity contribution is 5.68. The predicted octanol–water partition coefficient (Wildman–Crippen LogP) is 3.10. The largest absolute Gasteiger partial charge is 0.444 e. The van der Waals surface area contributed by atoms with Gasteiger partial charge in [0.15, 0.2) is 0 Å². The van der Waals surface area contributed by atoms with Gasteiger partial charge in [0, 0.05) is 32.8 Å². The van der Waals surface area contributed by atoms with Gasteiger partial charge in [-0.3, -0.25) is 0 Å². The summed E-state index contributed by atoms with van der Waals surface area (Å²) in [6.45, 7) is 8.01. The van der Waals surface area contributed by atoms with Crippen molar-refractivity contribution < 1.29 is 14.3 Å². The summed E-state index contributed by atoms with van der Waals surface area (Å²) in [6.07, 6.45) is 8.04. The number of hydrogen-bond donors (Lipinski definition) is 1. The fraction of sp³-hybridized carbons (Fsp3) is 0.833. The average molecular weight is 324 g/mol. The molecular formula is C18H32N2O3. The van der Waals surface area contributed by atoms with E-state index in [2.05, 4.69) is 11.4 Å². The van der Waals surface area contributed by atoms with Crippen LogP contribution in [0.25, 0.3) is 0 Å². The van der Waals surface area contributed by atoms with E-state index >= 15 is 0 Å². The zero-order valence-corrected chi connectivity index (χ0v) is 15.1. The van der Waals surface area contributed by atoms with Gasteiger partial charge in [-0.25, -0.2) is 4.79 Å². The molecule has 5 heteroatoms. The molecule has 2 aliphatic rings. The van der Waals surface area contributed by atoms with Crippen molar-refractivity contribution in [1.29, 1.82) is 0 Å². The Hall–Kier alpha value is -1.07. The standard InChI is InChI=1S/C18H32N2O3/c1-18(2,3)23-17(21)20-10-8-14(9-11-20)13-19-15-6-5-7-16(12-15)22-4/h8,15-16,19H,5-7,9-13H2,1-4H3. The van der Waals surface area contributed by atoms with Crippen LogP contribution in [0.5, 0.6) is 0 Å². The van der Waals surface area contributed by atoms with Crippen molar-refractivity contribution in [3.63, 3.8) is 0 Å². The summed E-state index contributed by atoms with van der Waals surface area (Å²) >= 11 is 0. The molecule has 2 unspecified atom stereocenters. The number of methoxy groups -OCH3 is 1. The minimum absolute atomic E-state index is 0.212.